The van der Waals surface area contributed by atoms with Crippen LogP contribution < -0.4 is 5.32 Å². The van der Waals surface area contributed by atoms with Crippen LogP contribution in [0.15, 0.2) is 48.5 Å². The van der Waals surface area contributed by atoms with Crippen LogP contribution in [-0.2, 0) is 20.9 Å². The molecule has 0 unspecified atom stereocenters. The second-order valence-electron chi connectivity index (χ2n) is 5.72. The lowest BCUT2D eigenvalue weighted by Gasteiger charge is -2.15. The van der Waals surface area contributed by atoms with Gasteiger partial charge in [-0.3, -0.25) is 19.3 Å². The maximum Gasteiger partial charge on any atom is 0.335 e. The molecule has 0 aromatic heterocycles. The van der Waals surface area contributed by atoms with E-state index in [2.05, 4.69) is 5.32 Å². The molecule has 3 rings (SSSR count). The lowest BCUT2D eigenvalue weighted by atomic mass is 10.2. The van der Waals surface area contributed by atoms with E-state index in [0.717, 1.165) is 17.0 Å². The van der Waals surface area contributed by atoms with E-state index in [1.807, 2.05) is 0 Å². The Bertz CT molecular complexity index is 933. The zero-order valence-electron chi connectivity index (χ0n) is 13.8. The second-order valence-corrected chi connectivity index (χ2v) is 5.72. The van der Waals surface area contributed by atoms with E-state index in [0.29, 0.717) is 16.5 Å². The van der Waals surface area contributed by atoms with E-state index >= 15 is 0 Å². The Labute approximate surface area is 152 Å². The molecule has 0 saturated carbocycles. The number of amides is 5. The molecule has 138 valence electrons. The van der Waals surface area contributed by atoms with Gasteiger partial charge in [-0.05, 0) is 17.7 Å². The van der Waals surface area contributed by atoms with Gasteiger partial charge in [0.2, 0.25) is 5.91 Å². The molecule has 5 amide bonds. The van der Waals surface area contributed by atoms with Crippen molar-refractivity contribution in [3.05, 3.63) is 65.7 Å². The first-order chi connectivity index (χ1) is 12.9. The molecule has 2 aromatic carbocycles. The van der Waals surface area contributed by atoms with Crippen molar-refractivity contribution in [1.29, 1.82) is 0 Å². The summed E-state index contributed by atoms with van der Waals surface area (Å²) in [6, 6.07) is 10.1. The largest absolute Gasteiger partial charge is 0.335 e. The van der Waals surface area contributed by atoms with Gasteiger partial charge in [-0.1, -0.05) is 30.3 Å². The van der Waals surface area contributed by atoms with E-state index < -0.39 is 41.9 Å². The standard InChI is InChI=1S/C18H13F2N3O4/c19-12-6-7-14(13(20)8-12)21-15(24)10-23-17(26)16(25)22(18(23)27)9-11-4-2-1-3-5-11/h1-8H,9-10H2,(H,21,24). The van der Waals surface area contributed by atoms with Crippen molar-refractivity contribution in [2.24, 2.45) is 0 Å². The zero-order chi connectivity index (χ0) is 19.6. The highest BCUT2D eigenvalue weighted by molar-refractivity contribution is 6.45. The minimum absolute atomic E-state index is 0.116. The molecule has 0 atom stereocenters. The Hall–Kier alpha value is -3.62. The van der Waals surface area contributed by atoms with E-state index in [4.69, 9.17) is 0 Å². The predicted octanol–water partition coefficient (Wildman–Crippen LogP) is 1.89. The number of hydrogen-bond donors (Lipinski definition) is 1. The molecule has 0 bridgehead atoms. The van der Waals surface area contributed by atoms with Crippen LogP contribution in [-0.4, -0.2) is 40.1 Å². The minimum Gasteiger partial charge on any atom is -0.322 e. The molecule has 1 aliphatic rings. The van der Waals surface area contributed by atoms with Gasteiger partial charge in [0.05, 0.1) is 12.2 Å². The van der Waals surface area contributed by atoms with Crippen molar-refractivity contribution in [3.8, 4) is 0 Å². The number of nitrogens with one attached hydrogen (secondary N) is 1. The summed E-state index contributed by atoms with van der Waals surface area (Å²) in [6.45, 7) is -0.888. The van der Waals surface area contributed by atoms with Gasteiger partial charge in [0.1, 0.15) is 18.2 Å². The normalized spacial score (nSPS) is 14.1. The molecule has 9 heteroatoms. The number of anilines is 1. The Balaban J connectivity index is 1.69. The molecule has 1 N–H and O–H groups in total. The third-order valence-electron chi connectivity index (χ3n) is 3.83. The van der Waals surface area contributed by atoms with Crippen molar-refractivity contribution in [1.82, 2.24) is 9.80 Å². The Morgan fingerprint density at radius 1 is 0.926 bits per heavy atom. The summed E-state index contributed by atoms with van der Waals surface area (Å²) in [6.07, 6.45) is 0. The predicted molar refractivity (Wildman–Crippen MR) is 89.1 cm³/mol. The lowest BCUT2D eigenvalue weighted by Crippen LogP contribution is -2.39. The number of urea groups is 1. The second kappa shape index (κ2) is 7.32. The first-order valence-corrected chi connectivity index (χ1v) is 7.83. The van der Waals surface area contributed by atoms with Crippen LogP contribution in [0.3, 0.4) is 0 Å². The van der Waals surface area contributed by atoms with E-state index in [1.165, 1.54) is 0 Å². The summed E-state index contributed by atoms with van der Waals surface area (Å²) in [5, 5.41) is 2.13. The SMILES string of the molecule is O=C(CN1C(=O)C(=O)N(Cc2ccccc2)C1=O)Nc1ccc(F)cc1F. The number of halogens is 2. The van der Waals surface area contributed by atoms with Crippen molar-refractivity contribution >= 4 is 29.4 Å². The molecule has 27 heavy (non-hydrogen) atoms. The topological polar surface area (TPSA) is 86.8 Å². The number of hydrogen-bond acceptors (Lipinski definition) is 4. The molecular formula is C18H13F2N3O4. The summed E-state index contributed by atoms with van der Waals surface area (Å²) < 4.78 is 26.5. The highest BCUT2D eigenvalue weighted by atomic mass is 19.1. The number of carbonyl (C=O) groups is 4. The molecule has 0 spiro atoms. The van der Waals surface area contributed by atoms with Gasteiger partial charge in [0, 0.05) is 6.07 Å². The Morgan fingerprint density at radius 2 is 1.59 bits per heavy atom. The summed E-state index contributed by atoms with van der Waals surface area (Å²) in [4.78, 5) is 49.6. The smallest absolute Gasteiger partial charge is 0.322 e. The number of carbonyl (C=O) groups excluding carboxylic acids is 4. The summed E-state index contributed by atoms with van der Waals surface area (Å²) in [7, 11) is 0. The average molecular weight is 373 g/mol. The molecule has 7 nitrogen and oxygen atoms in total. The third-order valence-corrected chi connectivity index (χ3v) is 3.83. The minimum atomic E-state index is -1.15. The summed E-state index contributed by atoms with van der Waals surface area (Å²) >= 11 is 0. The van der Waals surface area contributed by atoms with Crippen molar-refractivity contribution in [2.45, 2.75) is 6.54 Å². The molecule has 1 aliphatic heterocycles. The van der Waals surface area contributed by atoms with Crippen molar-refractivity contribution in [3.63, 3.8) is 0 Å². The lowest BCUT2D eigenvalue weighted by molar-refractivity contribution is -0.143. The molecule has 0 aliphatic carbocycles. The molecule has 0 radical (unpaired) electrons. The first kappa shape index (κ1) is 18.2. The summed E-state index contributed by atoms with van der Waals surface area (Å²) in [5.41, 5.74) is 0.319. The van der Waals surface area contributed by atoms with Crippen LogP contribution in [0, 0.1) is 11.6 Å². The van der Waals surface area contributed by atoms with Gasteiger partial charge in [-0.25, -0.2) is 18.5 Å². The highest BCUT2D eigenvalue weighted by Gasteiger charge is 2.45. The molecule has 1 heterocycles. The fraction of sp³-hybridized carbons (Fsp3) is 0.111. The van der Waals surface area contributed by atoms with Crippen LogP contribution in [0.5, 0.6) is 0 Å². The Morgan fingerprint density at radius 3 is 2.26 bits per heavy atom. The van der Waals surface area contributed by atoms with Gasteiger partial charge in [-0.15, -0.1) is 0 Å². The van der Waals surface area contributed by atoms with Crippen LogP contribution in [0.2, 0.25) is 0 Å². The van der Waals surface area contributed by atoms with Crippen molar-refractivity contribution < 1.29 is 28.0 Å². The first-order valence-electron chi connectivity index (χ1n) is 7.83. The number of rotatable bonds is 5. The highest BCUT2D eigenvalue weighted by Crippen LogP contribution is 2.18. The van der Waals surface area contributed by atoms with Gasteiger partial charge >= 0.3 is 17.8 Å². The molecule has 1 fully saturated rings. The van der Waals surface area contributed by atoms with Gasteiger partial charge in [0.15, 0.2) is 0 Å². The Kier molecular flexibility index (Phi) is 4.93. The van der Waals surface area contributed by atoms with Crippen LogP contribution in [0.4, 0.5) is 19.3 Å². The molecule has 2 aromatic rings. The van der Waals surface area contributed by atoms with Crippen LogP contribution in [0.1, 0.15) is 5.56 Å². The number of benzene rings is 2. The van der Waals surface area contributed by atoms with Crippen LogP contribution >= 0.6 is 0 Å². The fourth-order valence-corrected chi connectivity index (χ4v) is 2.52. The fourth-order valence-electron chi connectivity index (χ4n) is 2.52. The molecular weight excluding hydrogens is 360 g/mol. The molecule has 1 saturated heterocycles. The van der Waals surface area contributed by atoms with Gasteiger partial charge in [0.25, 0.3) is 0 Å². The monoisotopic (exact) mass is 373 g/mol. The zero-order valence-corrected chi connectivity index (χ0v) is 13.8. The maximum atomic E-state index is 13.6. The van der Waals surface area contributed by atoms with Crippen molar-refractivity contribution in [2.75, 3.05) is 11.9 Å². The number of nitrogens with zero attached hydrogens (tertiary/aromatic N) is 2. The number of imide groups is 2. The van der Waals surface area contributed by atoms with E-state index in [-0.39, 0.29) is 12.2 Å². The van der Waals surface area contributed by atoms with Gasteiger partial charge < -0.3 is 5.32 Å². The third kappa shape index (κ3) is 3.81. The van der Waals surface area contributed by atoms with Crippen LogP contribution in [0.25, 0.3) is 0 Å². The van der Waals surface area contributed by atoms with Gasteiger partial charge in [-0.2, -0.15) is 0 Å². The quantitative estimate of drug-likeness (QED) is 0.641. The maximum absolute atomic E-state index is 13.6. The summed E-state index contributed by atoms with van der Waals surface area (Å²) in [5.74, 6) is -4.94. The van der Waals surface area contributed by atoms with E-state index in [1.54, 1.807) is 30.3 Å². The average Bonchev–Trinajstić information content (AvgIpc) is 2.83. The van der Waals surface area contributed by atoms with E-state index in [9.17, 15) is 28.0 Å².